The average Bonchev–Trinajstić information content (AvgIpc) is 2.62. The highest BCUT2D eigenvalue weighted by molar-refractivity contribution is 5.78. The van der Waals surface area contributed by atoms with Crippen molar-refractivity contribution < 1.29 is 9.53 Å². The zero-order valence-corrected chi connectivity index (χ0v) is 14.0. The Hall–Kier alpha value is -2.33. The fourth-order valence-corrected chi connectivity index (χ4v) is 2.72. The van der Waals surface area contributed by atoms with Crippen LogP contribution in [-0.2, 0) is 4.79 Å². The van der Waals surface area contributed by atoms with Crippen LogP contribution in [-0.4, -0.2) is 31.0 Å². The molecule has 23 heavy (non-hydrogen) atoms. The number of amides is 1. The Labute approximate surface area is 137 Å². The highest BCUT2D eigenvalue weighted by Crippen LogP contribution is 2.27. The standard InChI is InChI=1S/C19H24N2O2/c1-4-21(19(22)13-20)14(2)15-8-10-16(11-9-15)17-6-5-7-18(12-17)23-3/h5-12,14H,4,13,20H2,1-3H3. The van der Waals surface area contributed by atoms with Gasteiger partial charge in [-0.15, -0.1) is 0 Å². The second-order valence-electron chi connectivity index (χ2n) is 5.41. The summed E-state index contributed by atoms with van der Waals surface area (Å²) in [7, 11) is 1.66. The summed E-state index contributed by atoms with van der Waals surface area (Å²) in [5.74, 6) is 0.808. The van der Waals surface area contributed by atoms with E-state index >= 15 is 0 Å². The molecule has 0 spiro atoms. The van der Waals surface area contributed by atoms with Crippen molar-refractivity contribution in [3.05, 3.63) is 54.1 Å². The first-order valence-electron chi connectivity index (χ1n) is 7.84. The number of hydrogen-bond donors (Lipinski definition) is 1. The molecular formula is C19H24N2O2. The molecule has 1 unspecified atom stereocenters. The van der Waals surface area contributed by atoms with Gasteiger partial charge in [-0.1, -0.05) is 36.4 Å². The maximum absolute atomic E-state index is 11.9. The van der Waals surface area contributed by atoms with E-state index in [-0.39, 0.29) is 18.5 Å². The van der Waals surface area contributed by atoms with Crippen LogP contribution in [0, 0.1) is 0 Å². The number of nitrogens with two attached hydrogens (primary N) is 1. The number of carbonyl (C=O) groups is 1. The maximum atomic E-state index is 11.9. The summed E-state index contributed by atoms with van der Waals surface area (Å²) in [4.78, 5) is 13.7. The average molecular weight is 312 g/mol. The lowest BCUT2D eigenvalue weighted by atomic mass is 10.0. The number of carbonyl (C=O) groups excluding carboxylic acids is 1. The third-order valence-electron chi connectivity index (χ3n) is 4.10. The zero-order chi connectivity index (χ0) is 16.8. The minimum atomic E-state index is -0.0307. The molecule has 0 saturated carbocycles. The highest BCUT2D eigenvalue weighted by atomic mass is 16.5. The van der Waals surface area contributed by atoms with Crippen LogP contribution in [0.3, 0.4) is 0 Å². The van der Waals surface area contributed by atoms with Gasteiger partial charge in [0.2, 0.25) is 5.91 Å². The molecule has 0 bridgehead atoms. The molecule has 2 rings (SSSR count). The third-order valence-corrected chi connectivity index (χ3v) is 4.10. The quantitative estimate of drug-likeness (QED) is 0.891. The third kappa shape index (κ3) is 3.90. The van der Waals surface area contributed by atoms with Crippen molar-refractivity contribution in [1.29, 1.82) is 0 Å². The summed E-state index contributed by atoms with van der Waals surface area (Å²) in [5.41, 5.74) is 8.81. The Morgan fingerprint density at radius 1 is 1.17 bits per heavy atom. The van der Waals surface area contributed by atoms with Gasteiger partial charge < -0.3 is 15.4 Å². The number of likely N-dealkylation sites (N-methyl/N-ethyl adjacent to an activating group) is 1. The van der Waals surface area contributed by atoms with Crippen LogP contribution >= 0.6 is 0 Å². The molecule has 0 aliphatic rings. The summed E-state index contributed by atoms with van der Waals surface area (Å²) in [6, 6.07) is 16.2. The Morgan fingerprint density at radius 3 is 2.43 bits per heavy atom. The number of benzene rings is 2. The predicted octanol–water partition coefficient (Wildman–Crippen LogP) is 3.23. The van der Waals surface area contributed by atoms with Crippen molar-refractivity contribution in [3.63, 3.8) is 0 Å². The molecule has 0 radical (unpaired) electrons. The van der Waals surface area contributed by atoms with E-state index in [4.69, 9.17) is 10.5 Å². The first-order valence-corrected chi connectivity index (χ1v) is 7.84. The molecular weight excluding hydrogens is 288 g/mol. The Kier molecular flexibility index (Phi) is 5.77. The number of methoxy groups -OCH3 is 1. The van der Waals surface area contributed by atoms with E-state index in [1.165, 1.54) is 0 Å². The molecule has 4 nitrogen and oxygen atoms in total. The molecule has 0 aliphatic carbocycles. The van der Waals surface area contributed by atoms with Gasteiger partial charge in [0.15, 0.2) is 0 Å². The van der Waals surface area contributed by atoms with Crippen LogP contribution in [0.2, 0.25) is 0 Å². The minimum absolute atomic E-state index is 0.00964. The molecule has 1 amide bonds. The lowest BCUT2D eigenvalue weighted by molar-refractivity contribution is -0.131. The van der Waals surface area contributed by atoms with E-state index < -0.39 is 0 Å². The van der Waals surface area contributed by atoms with Gasteiger partial charge in [0.05, 0.1) is 19.7 Å². The van der Waals surface area contributed by atoms with Gasteiger partial charge in [0, 0.05) is 6.54 Å². The Bertz CT molecular complexity index is 653. The number of rotatable bonds is 6. The second-order valence-corrected chi connectivity index (χ2v) is 5.41. The Balaban J connectivity index is 2.23. The minimum Gasteiger partial charge on any atom is -0.497 e. The normalized spacial score (nSPS) is 11.8. The van der Waals surface area contributed by atoms with Crippen LogP contribution in [0.25, 0.3) is 11.1 Å². The summed E-state index contributed by atoms with van der Waals surface area (Å²) < 4.78 is 5.27. The van der Waals surface area contributed by atoms with Crippen LogP contribution < -0.4 is 10.5 Å². The van der Waals surface area contributed by atoms with Crippen molar-refractivity contribution in [1.82, 2.24) is 4.90 Å². The van der Waals surface area contributed by atoms with Gasteiger partial charge in [-0.3, -0.25) is 4.79 Å². The summed E-state index contributed by atoms with van der Waals surface area (Å²) >= 11 is 0. The molecule has 122 valence electrons. The predicted molar refractivity (Wildman–Crippen MR) is 93.3 cm³/mol. The van der Waals surface area contributed by atoms with Gasteiger partial charge in [-0.25, -0.2) is 0 Å². The lowest BCUT2D eigenvalue weighted by Crippen LogP contribution is -2.37. The van der Waals surface area contributed by atoms with Crippen molar-refractivity contribution in [2.75, 3.05) is 20.2 Å². The second kappa shape index (κ2) is 7.79. The number of nitrogens with zero attached hydrogens (tertiary/aromatic N) is 1. The molecule has 0 aliphatic heterocycles. The summed E-state index contributed by atoms with van der Waals surface area (Å²) in [6.45, 7) is 4.68. The van der Waals surface area contributed by atoms with Crippen LogP contribution in [0.15, 0.2) is 48.5 Å². The van der Waals surface area contributed by atoms with Gasteiger partial charge in [-0.05, 0) is 42.7 Å². The van der Waals surface area contributed by atoms with Gasteiger partial charge in [0.1, 0.15) is 5.75 Å². The molecule has 2 aromatic rings. The molecule has 2 N–H and O–H groups in total. The molecule has 0 aromatic heterocycles. The first-order chi connectivity index (χ1) is 11.1. The van der Waals surface area contributed by atoms with Crippen LogP contribution in [0.4, 0.5) is 0 Å². The van der Waals surface area contributed by atoms with Crippen molar-refractivity contribution in [2.24, 2.45) is 5.73 Å². The maximum Gasteiger partial charge on any atom is 0.236 e. The molecule has 0 saturated heterocycles. The lowest BCUT2D eigenvalue weighted by Gasteiger charge is -2.28. The van der Waals surface area contributed by atoms with Crippen LogP contribution in [0.1, 0.15) is 25.5 Å². The summed E-state index contributed by atoms with van der Waals surface area (Å²) in [6.07, 6.45) is 0. The van der Waals surface area contributed by atoms with E-state index in [1.807, 2.05) is 32.0 Å². The number of hydrogen-bond acceptors (Lipinski definition) is 3. The van der Waals surface area contributed by atoms with Crippen molar-refractivity contribution in [3.8, 4) is 16.9 Å². The van der Waals surface area contributed by atoms with Crippen LogP contribution in [0.5, 0.6) is 5.75 Å². The first kappa shape index (κ1) is 17.0. The van der Waals surface area contributed by atoms with E-state index in [2.05, 4.69) is 30.3 Å². The summed E-state index contributed by atoms with van der Waals surface area (Å²) in [5, 5.41) is 0. The molecule has 0 fully saturated rings. The van der Waals surface area contributed by atoms with E-state index in [1.54, 1.807) is 12.0 Å². The molecule has 2 aromatic carbocycles. The Morgan fingerprint density at radius 2 is 1.87 bits per heavy atom. The van der Waals surface area contributed by atoms with E-state index in [0.29, 0.717) is 6.54 Å². The fourth-order valence-electron chi connectivity index (χ4n) is 2.72. The molecule has 4 heteroatoms. The monoisotopic (exact) mass is 312 g/mol. The number of ether oxygens (including phenoxy) is 1. The zero-order valence-electron chi connectivity index (χ0n) is 14.0. The van der Waals surface area contributed by atoms with Crippen molar-refractivity contribution >= 4 is 5.91 Å². The fraction of sp³-hybridized carbons (Fsp3) is 0.316. The molecule has 0 heterocycles. The van der Waals surface area contributed by atoms with E-state index in [0.717, 1.165) is 22.4 Å². The smallest absolute Gasteiger partial charge is 0.236 e. The van der Waals surface area contributed by atoms with E-state index in [9.17, 15) is 4.79 Å². The van der Waals surface area contributed by atoms with Crippen molar-refractivity contribution in [2.45, 2.75) is 19.9 Å². The molecule has 1 atom stereocenters. The topological polar surface area (TPSA) is 55.6 Å². The largest absolute Gasteiger partial charge is 0.497 e. The SMILES string of the molecule is CCN(C(=O)CN)C(C)c1ccc(-c2cccc(OC)c2)cc1. The van der Waals surface area contributed by atoms with Gasteiger partial charge in [0.25, 0.3) is 0 Å². The van der Waals surface area contributed by atoms with Gasteiger partial charge in [-0.2, -0.15) is 0 Å². The van der Waals surface area contributed by atoms with Gasteiger partial charge >= 0.3 is 0 Å². The highest BCUT2D eigenvalue weighted by Gasteiger charge is 2.18.